The van der Waals surface area contributed by atoms with Crippen molar-refractivity contribution in [3.8, 4) is 0 Å². The van der Waals surface area contributed by atoms with E-state index in [9.17, 15) is 24.8 Å². The van der Waals surface area contributed by atoms with Gasteiger partial charge in [-0.3, -0.25) is 24.7 Å². The minimum absolute atomic E-state index is 0.0559. The number of aliphatic hydroxyl groups excluding tert-OH is 1. The zero-order valence-electron chi connectivity index (χ0n) is 16.8. The number of hydrogen-bond acceptors (Lipinski definition) is 6. The maximum Gasteiger partial charge on any atom is 0.295 e. The first kappa shape index (κ1) is 22.4. The minimum Gasteiger partial charge on any atom is -0.507 e. The van der Waals surface area contributed by atoms with E-state index < -0.39 is 28.4 Å². The molecule has 8 nitrogen and oxygen atoms in total. The monoisotopic (exact) mass is 483 g/mol. The number of aromatic nitrogens is 1. The van der Waals surface area contributed by atoms with Gasteiger partial charge in [-0.15, -0.1) is 0 Å². The van der Waals surface area contributed by atoms with Gasteiger partial charge in [0, 0.05) is 36.6 Å². The second kappa shape index (κ2) is 9.01. The second-order valence-electron chi connectivity index (χ2n) is 7.27. The Morgan fingerprint density at radius 3 is 2.42 bits per heavy atom. The number of likely N-dealkylation sites (tertiary alicyclic amines) is 1. The molecular weight excluding hydrogens is 469 g/mol. The number of nitro groups is 1. The lowest BCUT2D eigenvalue weighted by molar-refractivity contribution is -0.384. The molecule has 2 heterocycles. The van der Waals surface area contributed by atoms with E-state index in [2.05, 4.69) is 4.98 Å². The number of Topliss-reactive ketones (excluding diaryl/α,β-unsaturated/α-hetero) is 1. The lowest BCUT2D eigenvalue weighted by Crippen LogP contribution is -2.29. The number of amides is 1. The average molecular weight is 484 g/mol. The highest BCUT2D eigenvalue weighted by atomic mass is 35.5. The SMILES string of the molecule is O=C1C(=O)N(Cc2cccnc2)C(c2ccc(Cl)c(Cl)c2)/C1=C(/O)c1ccc([N+](=O)[O-])cc1. The molecule has 0 saturated carbocycles. The number of ketones is 1. The number of carbonyl (C=O) groups is 2. The van der Waals surface area contributed by atoms with Crippen LogP contribution in [0.3, 0.4) is 0 Å². The largest absolute Gasteiger partial charge is 0.507 e. The van der Waals surface area contributed by atoms with Gasteiger partial charge in [0.1, 0.15) is 5.76 Å². The van der Waals surface area contributed by atoms with Crippen LogP contribution in [0.5, 0.6) is 0 Å². The molecule has 0 spiro atoms. The Morgan fingerprint density at radius 2 is 1.82 bits per heavy atom. The van der Waals surface area contributed by atoms with E-state index in [-0.39, 0.29) is 28.4 Å². The van der Waals surface area contributed by atoms with Gasteiger partial charge >= 0.3 is 0 Å². The molecule has 1 N–H and O–H groups in total. The van der Waals surface area contributed by atoms with Crippen molar-refractivity contribution in [1.82, 2.24) is 9.88 Å². The van der Waals surface area contributed by atoms with Crippen LogP contribution in [0.25, 0.3) is 5.76 Å². The molecule has 1 aliphatic heterocycles. The second-order valence-corrected chi connectivity index (χ2v) is 8.08. The van der Waals surface area contributed by atoms with Crippen molar-refractivity contribution in [2.45, 2.75) is 12.6 Å². The molecule has 1 saturated heterocycles. The number of nitro benzene ring substituents is 1. The quantitative estimate of drug-likeness (QED) is 0.181. The van der Waals surface area contributed by atoms with Gasteiger partial charge in [0.15, 0.2) is 0 Å². The third-order valence-corrected chi connectivity index (χ3v) is 5.97. The van der Waals surface area contributed by atoms with Crippen molar-refractivity contribution < 1.29 is 19.6 Å². The van der Waals surface area contributed by atoms with Crippen LogP contribution >= 0.6 is 23.2 Å². The molecular formula is C23H15Cl2N3O5. The molecule has 3 aromatic rings. The van der Waals surface area contributed by atoms with Gasteiger partial charge in [-0.05, 0) is 41.5 Å². The number of aliphatic hydroxyl groups is 1. The highest BCUT2D eigenvalue weighted by molar-refractivity contribution is 6.46. The first-order valence-corrected chi connectivity index (χ1v) is 10.4. The molecule has 0 aliphatic carbocycles. The molecule has 1 fully saturated rings. The number of carbonyl (C=O) groups excluding carboxylic acids is 2. The summed E-state index contributed by atoms with van der Waals surface area (Å²) >= 11 is 12.2. The van der Waals surface area contributed by atoms with Crippen LogP contribution in [0.1, 0.15) is 22.7 Å². The number of nitrogens with zero attached hydrogens (tertiary/aromatic N) is 3. The van der Waals surface area contributed by atoms with Crippen molar-refractivity contribution >= 4 is 46.3 Å². The standard InChI is InChI=1S/C23H15Cl2N3O5/c24-17-8-5-15(10-18(17)25)20-19(21(29)14-3-6-16(7-4-14)28(32)33)22(30)23(31)27(20)12-13-2-1-9-26-11-13/h1-11,20,29H,12H2/b21-19-. The van der Waals surface area contributed by atoms with Crippen LogP contribution in [0, 0.1) is 10.1 Å². The van der Waals surface area contributed by atoms with Crippen molar-refractivity contribution in [2.75, 3.05) is 0 Å². The summed E-state index contributed by atoms with van der Waals surface area (Å²) in [5.74, 6) is -2.14. The fourth-order valence-electron chi connectivity index (χ4n) is 3.66. The van der Waals surface area contributed by atoms with Crippen molar-refractivity contribution in [1.29, 1.82) is 0 Å². The highest BCUT2D eigenvalue weighted by Crippen LogP contribution is 2.41. The summed E-state index contributed by atoms with van der Waals surface area (Å²) in [6, 6.07) is 12.2. The Hall–Kier alpha value is -3.75. The van der Waals surface area contributed by atoms with E-state index >= 15 is 0 Å². The third-order valence-electron chi connectivity index (χ3n) is 5.23. The first-order chi connectivity index (χ1) is 15.8. The van der Waals surface area contributed by atoms with Gasteiger partial charge in [0.2, 0.25) is 0 Å². The van der Waals surface area contributed by atoms with E-state index in [0.717, 1.165) is 0 Å². The van der Waals surface area contributed by atoms with Gasteiger partial charge in [0.25, 0.3) is 17.4 Å². The van der Waals surface area contributed by atoms with Crippen LogP contribution in [0.2, 0.25) is 10.0 Å². The smallest absolute Gasteiger partial charge is 0.295 e. The van der Waals surface area contributed by atoms with E-state index in [1.54, 1.807) is 30.6 Å². The van der Waals surface area contributed by atoms with Gasteiger partial charge in [-0.25, -0.2) is 0 Å². The number of non-ortho nitro benzene ring substituents is 1. The van der Waals surface area contributed by atoms with Crippen LogP contribution in [0.4, 0.5) is 5.69 Å². The molecule has 1 aliphatic rings. The summed E-state index contributed by atoms with van der Waals surface area (Å²) in [7, 11) is 0. The van der Waals surface area contributed by atoms with Crippen molar-refractivity contribution in [3.63, 3.8) is 0 Å². The molecule has 2 aromatic carbocycles. The number of benzene rings is 2. The molecule has 1 unspecified atom stereocenters. The molecule has 1 atom stereocenters. The van der Waals surface area contributed by atoms with E-state index in [1.807, 2.05) is 0 Å². The summed E-state index contributed by atoms with van der Waals surface area (Å²) in [6.07, 6.45) is 3.16. The van der Waals surface area contributed by atoms with Crippen LogP contribution in [0.15, 0.2) is 72.6 Å². The molecule has 0 bridgehead atoms. The van der Waals surface area contributed by atoms with Gasteiger partial charge in [-0.1, -0.05) is 35.3 Å². The number of hydrogen-bond donors (Lipinski definition) is 1. The lowest BCUT2D eigenvalue weighted by atomic mass is 9.95. The minimum atomic E-state index is -0.963. The summed E-state index contributed by atoms with van der Waals surface area (Å²) < 4.78 is 0. The van der Waals surface area contributed by atoms with Gasteiger partial charge in [-0.2, -0.15) is 0 Å². The maximum absolute atomic E-state index is 13.0. The predicted molar refractivity (Wildman–Crippen MR) is 122 cm³/mol. The zero-order chi connectivity index (χ0) is 23.7. The fourth-order valence-corrected chi connectivity index (χ4v) is 3.96. The number of halogens is 2. The topological polar surface area (TPSA) is 114 Å². The zero-order valence-corrected chi connectivity index (χ0v) is 18.3. The number of rotatable bonds is 5. The third kappa shape index (κ3) is 4.30. The molecule has 33 heavy (non-hydrogen) atoms. The van der Waals surface area contributed by atoms with E-state index in [0.29, 0.717) is 16.1 Å². The maximum atomic E-state index is 13.0. The molecule has 1 amide bonds. The van der Waals surface area contributed by atoms with Crippen molar-refractivity contribution in [3.05, 3.63) is 109 Å². The van der Waals surface area contributed by atoms with Gasteiger partial charge < -0.3 is 10.0 Å². The van der Waals surface area contributed by atoms with Crippen LogP contribution in [-0.4, -0.2) is 31.6 Å². The Kier molecular flexibility index (Phi) is 6.13. The summed E-state index contributed by atoms with van der Waals surface area (Å²) in [5, 5.41) is 22.5. The summed E-state index contributed by atoms with van der Waals surface area (Å²) in [4.78, 5) is 41.8. The Morgan fingerprint density at radius 1 is 1.09 bits per heavy atom. The molecule has 166 valence electrons. The van der Waals surface area contributed by atoms with Crippen LogP contribution in [-0.2, 0) is 16.1 Å². The average Bonchev–Trinajstić information content (AvgIpc) is 3.06. The van der Waals surface area contributed by atoms with Gasteiger partial charge in [0.05, 0.1) is 26.6 Å². The number of pyridine rings is 1. The Labute approximate surface area is 197 Å². The molecule has 4 rings (SSSR count). The summed E-state index contributed by atoms with van der Waals surface area (Å²) in [5.41, 5.74) is 0.974. The lowest BCUT2D eigenvalue weighted by Gasteiger charge is -2.25. The first-order valence-electron chi connectivity index (χ1n) is 9.65. The van der Waals surface area contributed by atoms with E-state index in [4.69, 9.17) is 23.2 Å². The Bertz CT molecular complexity index is 1290. The predicted octanol–water partition coefficient (Wildman–Crippen LogP) is 4.92. The van der Waals surface area contributed by atoms with E-state index in [1.165, 1.54) is 41.3 Å². The Balaban J connectivity index is 1.86. The highest BCUT2D eigenvalue weighted by Gasteiger charge is 2.46. The molecule has 0 radical (unpaired) electrons. The molecule has 1 aromatic heterocycles. The van der Waals surface area contributed by atoms with Crippen molar-refractivity contribution in [2.24, 2.45) is 0 Å². The fraction of sp³-hybridized carbons (Fsp3) is 0.0870. The normalized spacial score (nSPS) is 17.4. The van der Waals surface area contributed by atoms with Crippen LogP contribution < -0.4 is 0 Å². The summed E-state index contributed by atoms with van der Waals surface area (Å²) in [6.45, 7) is 0.0559. The molecule has 10 heteroatoms.